The molecule has 150 valence electrons. The van der Waals surface area contributed by atoms with E-state index >= 15 is 0 Å². The second-order valence-corrected chi connectivity index (χ2v) is 7.11. The number of benzene rings is 2. The zero-order valence-electron chi connectivity index (χ0n) is 16.5. The molecule has 3 rings (SSSR count). The van der Waals surface area contributed by atoms with Crippen molar-refractivity contribution in [1.29, 1.82) is 0 Å². The maximum Gasteiger partial charge on any atom is 0.337 e. The summed E-state index contributed by atoms with van der Waals surface area (Å²) in [7, 11) is 1.34. The van der Waals surface area contributed by atoms with E-state index in [0.29, 0.717) is 34.5 Å². The summed E-state index contributed by atoms with van der Waals surface area (Å²) in [6.45, 7) is 4.94. The lowest BCUT2D eigenvalue weighted by atomic mass is 10.2. The molecule has 2 aromatic carbocycles. The smallest absolute Gasteiger partial charge is 0.337 e. The maximum absolute atomic E-state index is 12.8. The van der Waals surface area contributed by atoms with E-state index in [9.17, 15) is 9.59 Å². The average Bonchev–Trinajstić information content (AvgIpc) is 3.02. The van der Waals surface area contributed by atoms with Crippen molar-refractivity contribution in [3.05, 3.63) is 64.6 Å². The molecule has 7 heteroatoms. The molecule has 0 aliphatic carbocycles. The molecule has 0 N–H and O–H groups in total. The molecular weight excluding hydrogens is 388 g/mol. The molecule has 1 fully saturated rings. The van der Waals surface area contributed by atoms with Gasteiger partial charge in [-0.05, 0) is 73.6 Å². The molecule has 0 radical (unpaired) electrons. The first-order chi connectivity index (χ1) is 14.0. The molecule has 6 nitrogen and oxygen atoms in total. The fourth-order valence-electron chi connectivity index (χ4n) is 2.78. The number of thioether (sulfide) groups is 1. The molecule has 0 bridgehead atoms. The van der Waals surface area contributed by atoms with Gasteiger partial charge in [-0.2, -0.15) is 0 Å². The standard InChI is InChI=1S/C22H22N2O4S/c1-4-24-20(25)19(14-15-7-6-8-18(13-15)28-5-2)29-22(24)23-17-11-9-16(10-12-17)21(26)27-3/h6-14H,4-5H2,1-3H3. The number of likely N-dealkylation sites (N-methyl/N-ethyl adjacent to an activating group) is 1. The van der Waals surface area contributed by atoms with Gasteiger partial charge in [-0.15, -0.1) is 0 Å². The third kappa shape index (κ3) is 4.86. The van der Waals surface area contributed by atoms with Crippen LogP contribution in [0.2, 0.25) is 0 Å². The quantitative estimate of drug-likeness (QED) is 0.518. The monoisotopic (exact) mass is 410 g/mol. The number of ether oxygens (including phenoxy) is 2. The summed E-state index contributed by atoms with van der Waals surface area (Å²) in [5.74, 6) is 0.290. The van der Waals surface area contributed by atoms with Crippen LogP contribution in [0.5, 0.6) is 5.75 Å². The van der Waals surface area contributed by atoms with Gasteiger partial charge in [-0.1, -0.05) is 12.1 Å². The summed E-state index contributed by atoms with van der Waals surface area (Å²) in [5, 5.41) is 0.607. The Morgan fingerprint density at radius 3 is 2.59 bits per heavy atom. The van der Waals surface area contributed by atoms with Crippen LogP contribution in [0.1, 0.15) is 29.8 Å². The molecule has 1 saturated heterocycles. The first kappa shape index (κ1) is 20.7. The number of carbonyl (C=O) groups excluding carboxylic acids is 2. The van der Waals surface area contributed by atoms with E-state index in [1.165, 1.54) is 18.9 Å². The number of hydrogen-bond donors (Lipinski definition) is 0. The fraction of sp³-hybridized carbons (Fsp3) is 0.227. The second kappa shape index (κ2) is 9.43. The van der Waals surface area contributed by atoms with E-state index in [2.05, 4.69) is 4.99 Å². The van der Waals surface area contributed by atoms with E-state index < -0.39 is 5.97 Å². The zero-order valence-corrected chi connectivity index (χ0v) is 17.4. The molecule has 29 heavy (non-hydrogen) atoms. The highest BCUT2D eigenvalue weighted by atomic mass is 32.2. The Balaban J connectivity index is 1.86. The third-order valence-corrected chi connectivity index (χ3v) is 5.19. The number of amides is 1. The van der Waals surface area contributed by atoms with Crippen molar-refractivity contribution < 1.29 is 19.1 Å². The molecule has 0 aromatic heterocycles. The summed E-state index contributed by atoms with van der Waals surface area (Å²) in [6, 6.07) is 14.4. The van der Waals surface area contributed by atoms with Crippen LogP contribution in [-0.2, 0) is 9.53 Å². The predicted molar refractivity (Wildman–Crippen MR) is 115 cm³/mol. The summed E-state index contributed by atoms with van der Waals surface area (Å²) in [4.78, 5) is 31.2. The Labute approximate surface area is 174 Å². The van der Waals surface area contributed by atoms with Crippen LogP contribution < -0.4 is 4.74 Å². The topological polar surface area (TPSA) is 68.2 Å². The Kier molecular flexibility index (Phi) is 6.72. The number of esters is 1. The van der Waals surface area contributed by atoms with Gasteiger partial charge in [0.1, 0.15) is 5.75 Å². The second-order valence-electron chi connectivity index (χ2n) is 6.10. The van der Waals surface area contributed by atoms with E-state index in [0.717, 1.165) is 11.3 Å². The van der Waals surface area contributed by atoms with Crippen LogP contribution in [-0.4, -0.2) is 42.2 Å². The van der Waals surface area contributed by atoms with Crippen LogP contribution in [0.4, 0.5) is 5.69 Å². The minimum Gasteiger partial charge on any atom is -0.494 e. The lowest BCUT2D eigenvalue weighted by Crippen LogP contribution is -2.28. The van der Waals surface area contributed by atoms with E-state index in [4.69, 9.17) is 9.47 Å². The van der Waals surface area contributed by atoms with Crippen molar-refractivity contribution in [1.82, 2.24) is 4.90 Å². The Morgan fingerprint density at radius 2 is 1.93 bits per heavy atom. The van der Waals surface area contributed by atoms with Gasteiger partial charge in [-0.25, -0.2) is 9.79 Å². The highest BCUT2D eigenvalue weighted by molar-refractivity contribution is 8.18. The summed E-state index contributed by atoms with van der Waals surface area (Å²) in [6.07, 6.45) is 1.85. The molecular formula is C22H22N2O4S. The molecule has 0 atom stereocenters. The van der Waals surface area contributed by atoms with Crippen molar-refractivity contribution >= 4 is 40.6 Å². The lowest BCUT2D eigenvalue weighted by Gasteiger charge is -2.12. The minimum absolute atomic E-state index is 0.0794. The number of methoxy groups -OCH3 is 1. The number of amidine groups is 1. The summed E-state index contributed by atoms with van der Waals surface area (Å²) >= 11 is 1.33. The number of nitrogens with zero attached hydrogens (tertiary/aromatic N) is 2. The van der Waals surface area contributed by atoms with Crippen molar-refractivity contribution in [3.63, 3.8) is 0 Å². The van der Waals surface area contributed by atoms with E-state index in [-0.39, 0.29) is 5.91 Å². The minimum atomic E-state index is -0.399. The van der Waals surface area contributed by atoms with Gasteiger partial charge in [-0.3, -0.25) is 9.69 Å². The number of hydrogen-bond acceptors (Lipinski definition) is 6. The van der Waals surface area contributed by atoms with Crippen molar-refractivity contribution in [2.24, 2.45) is 4.99 Å². The van der Waals surface area contributed by atoms with E-state index in [1.807, 2.05) is 44.2 Å². The molecule has 1 aliphatic heterocycles. The molecule has 1 aliphatic rings. The van der Waals surface area contributed by atoms with Gasteiger partial charge >= 0.3 is 5.97 Å². The lowest BCUT2D eigenvalue weighted by molar-refractivity contribution is -0.122. The third-order valence-electron chi connectivity index (χ3n) is 4.18. The van der Waals surface area contributed by atoms with E-state index in [1.54, 1.807) is 29.2 Å². The van der Waals surface area contributed by atoms with Gasteiger partial charge < -0.3 is 9.47 Å². The highest BCUT2D eigenvalue weighted by Crippen LogP contribution is 2.34. The highest BCUT2D eigenvalue weighted by Gasteiger charge is 2.32. The summed E-state index contributed by atoms with van der Waals surface area (Å²) in [5.41, 5.74) is 2.01. The van der Waals surface area contributed by atoms with Gasteiger partial charge in [0.15, 0.2) is 5.17 Å². The maximum atomic E-state index is 12.8. The Bertz CT molecular complexity index is 967. The summed E-state index contributed by atoms with van der Waals surface area (Å²) < 4.78 is 10.2. The zero-order chi connectivity index (χ0) is 20.8. The van der Waals surface area contributed by atoms with Crippen LogP contribution in [0, 0.1) is 0 Å². The van der Waals surface area contributed by atoms with Crippen LogP contribution in [0.3, 0.4) is 0 Å². The largest absolute Gasteiger partial charge is 0.494 e. The van der Waals surface area contributed by atoms with Gasteiger partial charge in [0.25, 0.3) is 5.91 Å². The Hall–Kier alpha value is -3.06. The molecule has 2 aromatic rings. The van der Waals surface area contributed by atoms with Gasteiger partial charge in [0, 0.05) is 6.54 Å². The predicted octanol–water partition coefficient (Wildman–Crippen LogP) is 4.50. The normalized spacial score (nSPS) is 16.5. The Morgan fingerprint density at radius 1 is 1.17 bits per heavy atom. The number of carbonyl (C=O) groups is 2. The molecule has 0 spiro atoms. The van der Waals surface area contributed by atoms with Crippen LogP contribution in [0.15, 0.2) is 58.4 Å². The van der Waals surface area contributed by atoms with Gasteiger partial charge in [0.2, 0.25) is 0 Å². The SMILES string of the molecule is CCOc1cccc(C=C2SC(=Nc3ccc(C(=O)OC)cc3)N(CC)C2=O)c1. The fourth-order valence-corrected chi connectivity index (χ4v) is 3.85. The molecule has 0 unspecified atom stereocenters. The van der Waals surface area contributed by atoms with Crippen molar-refractivity contribution in [2.75, 3.05) is 20.3 Å². The molecule has 1 amide bonds. The average molecular weight is 410 g/mol. The van der Waals surface area contributed by atoms with Crippen LogP contribution in [0.25, 0.3) is 6.08 Å². The molecule has 1 heterocycles. The first-order valence-corrected chi connectivity index (χ1v) is 10.1. The first-order valence-electron chi connectivity index (χ1n) is 9.27. The van der Waals surface area contributed by atoms with Crippen LogP contribution >= 0.6 is 11.8 Å². The van der Waals surface area contributed by atoms with Crippen molar-refractivity contribution in [3.8, 4) is 5.75 Å². The van der Waals surface area contributed by atoms with Gasteiger partial charge in [0.05, 0.1) is 29.9 Å². The number of aliphatic imine (C=N–C) groups is 1. The number of rotatable bonds is 6. The van der Waals surface area contributed by atoms with Crippen molar-refractivity contribution in [2.45, 2.75) is 13.8 Å². The molecule has 0 saturated carbocycles.